The number of rotatable bonds is 4. The summed E-state index contributed by atoms with van der Waals surface area (Å²) in [4.78, 5) is 0. The van der Waals surface area contributed by atoms with Gasteiger partial charge < -0.3 is 4.74 Å². The van der Waals surface area contributed by atoms with Gasteiger partial charge in [0.25, 0.3) is 0 Å². The third-order valence-electron chi connectivity index (χ3n) is 2.98. The molecule has 2 rings (SSSR count). The Morgan fingerprint density at radius 2 is 1.80 bits per heavy atom. The zero-order valence-electron chi connectivity index (χ0n) is 11.3. The van der Waals surface area contributed by atoms with E-state index in [-0.39, 0.29) is 5.38 Å². The molecule has 20 heavy (non-hydrogen) atoms. The number of halogens is 3. The number of aryl methyl sites for hydroxylation is 1. The van der Waals surface area contributed by atoms with Crippen molar-refractivity contribution in [1.29, 1.82) is 0 Å². The average molecular weight is 419 g/mol. The summed E-state index contributed by atoms with van der Waals surface area (Å²) >= 11 is 13.8. The Morgan fingerprint density at radius 3 is 2.45 bits per heavy atom. The van der Waals surface area contributed by atoms with Crippen LogP contribution in [0.15, 0.2) is 45.3 Å². The molecule has 0 radical (unpaired) electrons. The van der Waals surface area contributed by atoms with Gasteiger partial charge in [-0.3, -0.25) is 0 Å². The molecular formula is C16H15Br2ClO. The molecule has 1 atom stereocenters. The lowest BCUT2D eigenvalue weighted by Crippen LogP contribution is -1.98. The zero-order chi connectivity index (χ0) is 14.7. The van der Waals surface area contributed by atoms with Gasteiger partial charge in [0, 0.05) is 8.95 Å². The van der Waals surface area contributed by atoms with Gasteiger partial charge in [-0.05, 0) is 43.2 Å². The molecule has 2 aromatic rings. The first kappa shape index (κ1) is 15.9. The van der Waals surface area contributed by atoms with Crippen molar-refractivity contribution in [3.05, 3.63) is 62.0 Å². The van der Waals surface area contributed by atoms with Crippen molar-refractivity contribution in [2.45, 2.75) is 19.2 Å². The van der Waals surface area contributed by atoms with Crippen LogP contribution in [0.2, 0.25) is 0 Å². The van der Waals surface area contributed by atoms with Crippen LogP contribution in [0.3, 0.4) is 0 Å². The highest BCUT2D eigenvalue weighted by Gasteiger charge is 2.17. The fraction of sp³-hybridized carbons (Fsp3) is 0.250. The lowest BCUT2D eigenvalue weighted by Gasteiger charge is -2.16. The Kier molecular flexibility index (Phi) is 5.53. The van der Waals surface area contributed by atoms with Crippen LogP contribution in [-0.2, 0) is 0 Å². The van der Waals surface area contributed by atoms with E-state index in [1.807, 2.05) is 31.2 Å². The number of hydrogen-bond donors (Lipinski definition) is 0. The lowest BCUT2D eigenvalue weighted by atomic mass is 10.0. The summed E-state index contributed by atoms with van der Waals surface area (Å²) in [5.74, 6) is 0.843. The Labute approximate surface area is 141 Å². The van der Waals surface area contributed by atoms with E-state index in [0.717, 1.165) is 25.8 Å². The van der Waals surface area contributed by atoms with Crippen LogP contribution in [-0.4, -0.2) is 6.61 Å². The molecule has 0 aliphatic heterocycles. The van der Waals surface area contributed by atoms with E-state index in [1.165, 1.54) is 5.56 Å². The zero-order valence-corrected chi connectivity index (χ0v) is 15.2. The van der Waals surface area contributed by atoms with Crippen molar-refractivity contribution in [2.75, 3.05) is 6.61 Å². The third-order valence-corrected chi connectivity index (χ3v) is 4.86. The second-order valence-electron chi connectivity index (χ2n) is 4.50. The van der Waals surface area contributed by atoms with Gasteiger partial charge in [0.15, 0.2) is 0 Å². The fourth-order valence-corrected chi connectivity index (χ4v) is 3.69. The van der Waals surface area contributed by atoms with Crippen molar-refractivity contribution in [3.63, 3.8) is 0 Å². The fourth-order valence-electron chi connectivity index (χ4n) is 1.99. The molecule has 0 amide bonds. The van der Waals surface area contributed by atoms with Gasteiger partial charge in [-0.1, -0.05) is 55.6 Å². The van der Waals surface area contributed by atoms with Crippen LogP contribution in [0.1, 0.15) is 29.0 Å². The summed E-state index contributed by atoms with van der Waals surface area (Å²) in [6, 6.07) is 12.1. The van der Waals surface area contributed by atoms with Gasteiger partial charge in [0.1, 0.15) is 5.75 Å². The lowest BCUT2D eigenvalue weighted by molar-refractivity contribution is 0.340. The molecule has 0 aliphatic rings. The summed E-state index contributed by atoms with van der Waals surface area (Å²) in [5, 5.41) is -0.214. The van der Waals surface area contributed by atoms with Crippen LogP contribution >= 0.6 is 43.5 Å². The summed E-state index contributed by atoms with van der Waals surface area (Å²) in [7, 11) is 0. The maximum Gasteiger partial charge on any atom is 0.120 e. The molecule has 0 spiro atoms. The molecule has 0 N–H and O–H groups in total. The Hall–Kier alpha value is -0.510. The Bertz CT molecular complexity index is 613. The first-order valence-corrected chi connectivity index (χ1v) is 8.37. The molecule has 0 aromatic heterocycles. The van der Waals surface area contributed by atoms with Gasteiger partial charge in [-0.25, -0.2) is 0 Å². The molecule has 0 saturated carbocycles. The highest BCUT2D eigenvalue weighted by atomic mass is 79.9. The molecular weight excluding hydrogens is 403 g/mol. The van der Waals surface area contributed by atoms with Gasteiger partial charge in [0.2, 0.25) is 0 Å². The van der Waals surface area contributed by atoms with E-state index in [9.17, 15) is 0 Å². The molecule has 0 aliphatic carbocycles. The van der Waals surface area contributed by atoms with Crippen molar-refractivity contribution < 1.29 is 4.74 Å². The Morgan fingerprint density at radius 1 is 1.05 bits per heavy atom. The molecule has 0 heterocycles. The smallest absolute Gasteiger partial charge is 0.120 e. The number of alkyl halides is 1. The van der Waals surface area contributed by atoms with Crippen LogP contribution in [0.25, 0.3) is 0 Å². The minimum Gasteiger partial charge on any atom is -0.494 e. The highest BCUT2D eigenvalue weighted by molar-refractivity contribution is 9.10. The topological polar surface area (TPSA) is 9.23 Å². The third kappa shape index (κ3) is 3.57. The van der Waals surface area contributed by atoms with Crippen LogP contribution in [0, 0.1) is 6.92 Å². The van der Waals surface area contributed by atoms with Crippen molar-refractivity contribution in [2.24, 2.45) is 0 Å². The number of benzene rings is 2. The molecule has 0 saturated heterocycles. The maximum absolute atomic E-state index is 6.64. The van der Waals surface area contributed by atoms with E-state index in [4.69, 9.17) is 16.3 Å². The van der Waals surface area contributed by atoms with Gasteiger partial charge >= 0.3 is 0 Å². The molecule has 2 aromatic carbocycles. The van der Waals surface area contributed by atoms with Crippen molar-refractivity contribution in [3.8, 4) is 5.75 Å². The minimum absolute atomic E-state index is 0.214. The minimum atomic E-state index is -0.214. The number of ether oxygens (including phenoxy) is 1. The first-order chi connectivity index (χ1) is 9.52. The summed E-state index contributed by atoms with van der Waals surface area (Å²) in [6.45, 7) is 4.68. The van der Waals surface area contributed by atoms with Crippen LogP contribution in [0.4, 0.5) is 0 Å². The summed E-state index contributed by atoms with van der Waals surface area (Å²) in [5.41, 5.74) is 3.29. The van der Waals surface area contributed by atoms with Gasteiger partial charge in [-0.15, -0.1) is 11.6 Å². The highest BCUT2D eigenvalue weighted by Crippen LogP contribution is 2.38. The van der Waals surface area contributed by atoms with Gasteiger partial charge in [-0.2, -0.15) is 0 Å². The second kappa shape index (κ2) is 6.97. The predicted molar refractivity (Wildman–Crippen MR) is 91.9 cm³/mol. The van der Waals surface area contributed by atoms with E-state index in [0.29, 0.717) is 6.61 Å². The standard InChI is InChI=1S/C16H15Br2ClO/c1-3-20-11-5-6-12(15(18)9-11)16(19)13-8-10(2)4-7-14(13)17/h4-9,16H,3H2,1-2H3. The van der Waals surface area contributed by atoms with Crippen molar-refractivity contribution >= 4 is 43.5 Å². The van der Waals surface area contributed by atoms with Crippen LogP contribution in [0.5, 0.6) is 5.75 Å². The normalized spacial score (nSPS) is 12.2. The van der Waals surface area contributed by atoms with E-state index in [1.54, 1.807) is 0 Å². The predicted octanol–water partition coefficient (Wildman–Crippen LogP) is 6.25. The largest absolute Gasteiger partial charge is 0.494 e. The van der Waals surface area contributed by atoms with Crippen LogP contribution < -0.4 is 4.74 Å². The molecule has 1 nitrogen and oxygen atoms in total. The van der Waals surface area contributed by atoms with E-state index in [2.05, 4.69) is 50.9 Å². The first-order valence-electron chi connectivity index (χ1n) is 6.35. The Balaban J connectivity index is 2.38. The van der Waals surface area contributed by atoms with Gasteiger partial charge in [0.05, 0.1) is 12.0 Å². The summed E-state index contributed by atoms with van der Waals surface area (Å²) < 4.78 is 7.46. The SMILES string of the molecule is CCOc1ccc(C(Cl)c2cc(C)ccc2Br)c(Br)c1. The van der Waals surface area contributed by atoms with Crippen molar-refractivity contribution in [1.82, 2.24) is 0 Å². The second-order valence-corrected chi connectivity index (χ2v) is 6.65. The maximum atomic E-state index is 6.64. The van der Waals surface area contributed by atoms with E-state index >= 15 is 0 Å². The quantitative estimate of drug-likeness (QED) is 0.534. The number of hydrogen-bond acceptors (Lipinski definition) is 1. The molecule has 106 valence electrons. The molecule has 0 fully saturated rings. The monoisotopic (exact) mass is 416 g/mol. The average Bonchev–Trinajstić information content (AvgIpc) is 2.41. The molecule has 1 unspecified atom stereocenters. The molecule has 0 bridgehead atoms. The molecule has 4 heteroatoms. The summed E-state index contributed by atoms with van der Waals surface area (Å²) in [6.07, 6.45) is 0. The van der Waals surface area contributed by atoms with E-state index < -0.39 is 0 Å².